The molecule has 0 saturated carbocycles. The van der Waals surface area contributed by atoms with E-state index >= 15 is 0 Å². The molecule has 1 saturated heterocycles. The maximum absolute atomic E-state index is 12.0. The van der Waals surface area contributed by atoms with Gasteiger partial charge in [0.2, 0.25) is 5.88 Å². The van der Waals surface area contributed by atoms with Crippen LogP contribution >= 0.6 is 11.3 Å². The molecule has 1 N–H and O–H groups in total. The largest absolute Gasteiger partial charge is 0.475 e. The number of pyridine rings is 1. The van der Waals surface area contributed by atoms with Crippen molar-refractivity contribution in [3.63, 3.8) is 0 Å². The number of amides is 1. The van der Waals surface area contributed by atoms with Gasteiger partial charge >= 0.3 is 0 Å². The summed E-state index contributed by atoms with van der Waals surface area (Å²) in [6, 6.07) is 7.40. The van der Waals surface area contributed by atoms with Gasteiger partial charge in [0.15, 0.2) is 0 Å². The summed E-state index contributed by atoms with van der Waals surface area (Å²) in [5.41, 5.74) is 0.529. The smallest absolute Gasteiger partial charge is 0.253 e. The van der Waals surface area contributed by atoms with E-state index in [1.807, 2.05) is 17.5 Å². The van der Waals surface area contributed by atoms with Crippen LogP contribution in [0.1, 0.15) is 28.1 Å². The van der Waals surface area contributed by atoms with Gasteiger partial charge in [-0.15, -0.1) is 11.3 Å². The third kappa shape index (κ3) is 4.05. The number of carbonyl (C=O) groups is 1. The van der Waals surface area contributed by atoms with E-state index in [1.54, 1.807) is 23.5 Å². The van der Waals surface area contributed by atoms with E-state index in [-0.39, 0.29) is 12.0 Å². The molecule has 116 valence electrons. The lowest BCUT2D eigenvalue weighted by Crippen LogP contribution is -2.22. The molecule has 2 aromatic heterocycles. The van der Waals surface area contributed by atoms with E-state index in [1.165, 1.54) is 6.20 Å². The third-order valence-corrected chi connectivity index (χ3v) is 4.32. The summed E-state index contributed by atoms with van der Waals surface area (Å²) in [6.07, 6.45) is 3.82. The molecule has 5 nitrogen and oxygen atoms in total. The van der Waals surface area contributed by atoms with E-state index in [9.17, 15) is 4.79 Å². The first-order valence-corrected chi connectivity index (χ1v) is 8.20. The minimum atomic E-state index is -0.133. The molecule has 2 aromatic rings. The fourth-order valence-electron chi connectivity index (χ4n) is 2.24. The Balaban J connectivity index is 1.48. The maximum Gasteiger partial charge on any atom is 0.253 e. The highest BCUT2D eigenvalue weighted by molar-refractivity contribution is 7.09. The highest BCUT2D eigenvalue weighted by Gasteiger charge is 2.16. The van der Waals surface area contributed by atoms with Crippen molar-refractivity contribution in [2.75, 3.05) is 13.2 Å². The molecule has 0 aromatic carbocycles. The van der Waals surface area contributed by atoms with Gasteiger partial charge in [-0.25, -0.2) is 4.98 Å². The first kappa shape index (κ1) is 15.0. The molecule has 1 amide bonds. The maximum atomic E-state index is 12.0. The molecule has 3 heterocycles. The van der Waals surface area contributed by atoms with Crippen molar-refractivity contribution in [2.45, 2.75) is 25.5 Å². The van der Waals surface area contributed by atoms with Crippen molar-refractivity contribution in [3.8, 4) is 5.88 Å². The summed E-state index contributed by atoms with van der Waals surface area (Å²) >= 11 is 1.62. The van der Waals surface area contributed by atoms with E-state index in [0.717, 1.165) is 24.3 Å². The number of ether oxygens (including phenoxy) is 2. The van der Waals surface area contributed by atoms with Crippen molar-refractivity contribution in [3.05, 3.63) is 46.3 Å². The molecule has 0 radical (unpaired) electrons. The minimum absolute atomic E-state index is 0.133. The number of rotatable bonds is 6. The number of hydrogen-bond donors (Lipinski definition) is 1. The van der Waals surface area contributed by atoms with Crippen LogP contribution in [0.25, 0.3) is 0 Å². The van der Waals surface area contributed by atoms with Gasteiger partial charge in [-0.1, -0.05) is 6.07 Å². The summed E-state index contributed by atoms with van der Waals surface area (Å²) in [6.45, 7) is 1.86. The molecule has 0 unspecified atom stereocenters. The fraction of sp³-hybridized carbons (Fsp3) is 0.375. The molecule has 1 fully saturated rings. The standard InChI is InChI=1S/C16H18N2O3S/c19-16(18-10-14-4-2-8-22-14)12-5-6-15(17-9-12)21-11-13-3-1-7-20-13/h2,4-6,8-9,13H,1,3,7,10-11H2,(H,18,19)/t13-/m0/s1. The van der Waals surface area contributed by atoms with E-state index in [0.29, 0.717) is 24.6 Å². The SMILES string of the molecule is O=C(NCc1cccs1)c1ccc(OC[C@@H]2CCCO2)nc1. The monoisotopic (exact) mass is 318 g/mol. The first-order chi connectivity index (χ1) is 10.8. The lowest BCUT2D eigenvalue weighted by atomic mass is 10.2. The number of thiophene rings is 1. The average molecular weight is 318 g/mol. The molecule has 0 aliphatic carbocycles. The normalized spacial score (nSPS) is 17.4. The van der Waals surface area contributed by atoms with Gasteiger partial charge in [0.1, 0.15) is 6.61 Å². The zero-order chi connectivity index (χ0) is 15.2. The molecule has 0 spiro atoms. The fourth-order valence-corrected chi connectivity index (χ4v) is 2.88. The molecule has 1 aliphatic rings. The van der Waals surface area contributed by atoms with Crippen molar-refractivity contribution in [2.24, 2.45) is 0 Å². The minimum Gasteiger partial charge on any atom is -0.475 e. The molecule has 22 heavy (non-hydrogen) atoms. The first-order valence-electron chi connectivity index (χ1n) is 7.32. The van der Waals surface area contributed by atoms with Gasteiger partial charge in [-0.3, -0.25) is 4.79 Å². The lowest BCUT2D eigenvalue weighted by molar-refractivity contribution is 0.0663. The summed E-state index contributed by atoms with van der Waals surface area (Å²) in [7, 11) is 0. The van der Waals surface area contributed by atoms with Gasteiger partial charge in [0, 0.05) is 23.7 Å². The molecule has 1 aliphatic heterocycles. The van der Waals surface area contributed by atoms with Crippen molar-refractivity contribution < 1.29 is 14.3 Å². The van der Waals surface area contributed by atoms with Gasteiger partial charge in [-0.2, -0.15) is 0 Å². The van der Waals surface area contributed by atoms with Crippen LogP contribution in [-0.2, 0) is 11.3 Å². The van der Waals surface area contributed by atoms with Crippen LogP contribution in [0.5, 0.6) is 5.88 Å². The summed E-state index contributed by atoms with van der Waals surface area (Å²) in [4.78, 5) is 17.3. The van der Waals surface area contributed by atoms with E-state index in [4.69, 9.17) is 9.47 Å². The quantitative estimate of drug-likeness (QED) is 0.889. The van der Waals surface area contributed by atoms with Crippen molar-refractivity contribution in [1.82, 2.24) is 10.3 Å². The Labute approximate surface area is 133 Å². The molecular weight excluding hydrogens is 300 g/mol. The Kier molecular flexibility index (Phi) is 5.03. The molecule has 0 bridgehead atoms. The highest BCUT2D eigenvalue weighted by Crippen LogP contribution is 2.14. The van der Waals surface area contributed by atoms with Gasteiger partial charge in [0.05, 0.1) is 18.2 Å². The van der Waals surface area contributed by atoms with Crippen LogP contribution < -0.4 is 10.1 Å². The zero-order valence-electron chi connectivity index (χ0n) is 12.2. The highest BCUT2D eigenvalue weighted by atomic mass is 32.1. The lowest BCUT2D eigenvalue weighted by Gasteiger charge is -2.10. The summed E-state index contributed by atoms with van der Waals surface area (Å²) in [5, 5.41) is 4.86. The Hall–Kier alpha value is -1.92. The molecule has 1 atom stereocenters. The second-order valence-corrected chi connectivity index (χ2v) is 6.13. The second-order valence-electron chi connectivity index (χ2n) is 5.09. The van der Waals surface area contributed by atoms with Crippen LogP contribution in [0.2, 0.25) is 0 Å². The molecule has 3 rings (SSSR count). The Morgan fingerprint density at radius 1 is 1.45 bits per heavy atom. The zero-order valence-corrected chi connectivity index (χ0v) is 13.0. The molecule has 6 heteroatoms. The topological polar surface area (TPSA) is 60.5 Å². The van der Waals surface area contributed by atoms with Crippen LogP contribution in [0.4, 0.5) is 0 Å². The second kappa shape index (κ2) is 7.38. The summed E-state index contributed by atoms with van der Waals surface area (Å²) in [5.74, 6) is 0.386. The van der Waals surface area contributed by atoms with Crippen LogP contribution in [0, 0.1) is 0 Å². The number of nitrogens with zero attached hydrogens (tertiary/aromatic N) is 1. The third-order valence-electron chi connectivity index (χ3n) is 3.44. The van der Waals surface area contributed by atoms with Crippen LogP contribution in [0.3, 0.4) is 0 Å². The Morgan fingerprint density at radius 3 is 3.09 bits per heavy atom. The van der Waals surface area contributed by atoms with Crippen molar-refractivity contribution >= 4 is 17.2 Å². The van der Waals surface area contributed by atoms with Crippen LogP contribution in [-0.4, -0.2) is 30.2 Å². The number of carbonyl (C=O) groups excluding carboxylic acids is 1. The van der Waals surface area contributed by atoms with E-state index in [2.05, 4.69) is 10.3 Å². The Morgan fingerprint density at radius 2 is 2.41 bits per heavy atom. The number of aromatic nitrogens is 1. The Bertz CT molecular complexity index is 592. The van der Waals surface area contributed by atoms with Crippen LogP contribution in [0.15, 0.2) is 35.8 Å². The molecular formula is C16H18N2O3S. The number of hydrogen-bond acceptors (Lipinski definition) is 5. The predicted molar refractivity (Wildman–Crippen MR) is 84.2 cm³/mol. The predicted octanol–water partition coefficient (Wildman–Crippen LogP) is 2.63. The van der Waals surface area contributed by atoms with Crippen molar-refractivity contribution in [1.29, 1.82) is 0 Å². The van der Waals surface area contributed by atoms with Gasteiger partial charge in [-0.05, 0) is 30.4 Å². The number of nitrogens with one attached hydrogen (secondary N) is 1. The van der Waals surface area contributed by atoms with E-state index < -0.39 is 0 Å². The van der Waals surface area contributed by atoms with Gasteiger partial charge in [0.25, 0.3) is 5.91 Å². The summed E-state index contributed by atoms with van der Waals surface area (Å²) < 4.78 is 11.1. The average Bonchev–Trinajstić information content (AvgIpc) is 3.24. The van der Waals surface area contributed by atoms with Gasteiger partial charge < -0.3 is 14.8 Å².